The molecule has 0 fully saturated rings. The molecule has 0 aromatic heterocycles. The minimum atomic E-state index is -0.843. The third-order valence-electron chi connectivity index (χ3n) is 9.59. The Bertz CT molecular complexity index is 768. The molecule has 0 aliphatic heterocycles. The van der Waals surface area contributed by atoms with Gasteiger partial charge in [0.2, 0.25) is 0 Å². The molecule has 0 spiro atoms. The summed E-state index contributed by atoms with van der Waals surface area (Å²) in [6, 6.07) is 0. The first-order chi connectivity index (χ1) is 24.5. The fraction of sp³-hybridized carbons (Fsp3) is 0.907. The zero-order chi connectivity index (χ0) is 36.6. The average Bonchev–Trinajstić information content (AvgIpc) is 3.11. The molecule has 0 aliphatic carbocycles. The highest BCUT2D eigenvalue weighted by atomic mass is 16.6. The number of carbonyl (C=O) groups excluding carboxylic acids is 4. The zero-order valence-corrected chi connectivity index (χ0v) is 33.0. The molecule has 294 valence electrons. The molecule has 0 rings (SSSR count). The molecule has 0 aliphatic rings. The van der Waals surface area contributed by atoms with Gasteiger partial charge in [-0.25, -0.2) is 0 Å². The lowest BCUT2D eigenvalue weighted by Crippen LogP contribution is -2.30. The quantitative estimate of drug-likeness (QED) is 0.0270. The Morgan fingerprint density at radius 1 is 0.400 bits per heavy atom. The molecule has 50 heavy (non-hydrogen) atoms. The van der Waals surface area contributed by atoms with Crippen LogP contribution in [0, 0.1) is 0 Å². The maximum Gasteiger partial charge on any atom is 0.306 e. The van der Waals surface area contributed by atoms with Crippen LogP contribution in [0.1, 0.15) is 232 Å². The van der Waals surface area contributed by atoms with E-state index in [-0.39, 0.29) is 38.0 Å². The van der Waals surface area contributed by atoms with Crippen molar-refractivity contribution in [2.45, 2.75) is 238 Å². The number of hydrogen-bond donors (Lipinski definition) is 0. The van der Waals surface area contributed by atoms with Crippen molar-refractivity contribution in [2.24, 2.45) is 0 Å². The molecule has 1 unspecified atom stereocenters. The third-order valence-corrected chi connectivity index (χ3v) is 9.59. The van der Waals surface area contributed by atoms with Crippen molar-refractivity contribution < 1.29 is 33.4 Å². The Morgan fingerprint density at radius 2 is 0.680 bits per heavy atom. The molecular weight excluding hydrogens is 628 g/mol. The van der Waals surface area contributed by atoms with Gasteiger partial charge in [0.05, 0.1) is 6.42 Å². The molecule has 0 aromatic carbocycles. The second-order valence-electron chi connectivity index (χ2n) is 14.6. The highest BCUT2D eigenvalue weighted by Gasteiger charge is 2.19. The number of ether oxygens (including phenoxy) is 3. The van der Waals surface area contributed by atoms with Crippen molar-refractivity contribution in [3.8, 4) is 0 Å². The van der Waals surface area contributed by atoms with Crippen LogP contribution >= 0.6 is 0 Å². The minimum Gasteiger partial charge on any atom is -0.462 e. The van der Waals surface area contributed by atoms with Gasteiger partial charge in [0.15, 0.2) is 6.10 Å². The van der Waals surface area contributed by atoms with E-state index >= 15 is 0 Å². The Kier molecular flexibility index (Phi) is 38.3. The monoisotopic (exact) mass is 709 g/mol. The standard InChI is InChI=1S/C43H80O7/c1-3-5-7-9-11-13-15-17-19-21-23-25-27-29-31-34-41(45)48-38-40(39-49-42(46)36-33-37-44)50-43(47)35-32-30-28-26-24-22-20-18-16-14-12-10-8-6-4-2/h37,40H,3-36,38-39H2,1-2H3. The smallest absolute Gasteiger partial charge is 0.306 e. The van der Waals surface area contributed by atoms with Crippen molar-refractivity contribution in [3.05, 3.63) is 0 Å². The SMILES string of the molecule is CCCCCCCCCCCCCCCCCC(=O)OCC(COC(=O)CCC=O)OC(=O)CCCCCCCCCCCCCCCCC. The Balaban J connectivity index is 4.01. The van der Waals surface area contributed by atoms with Crippen LogP contribution in [-0.2, 0) is 33.4 Å². The number of carbonyl (C=O) groups is 4. The maximum absolute atomic E-state index is 12.5. The van der Waals surface area contributed by atoms with E-state index in [4.69, 9.17) is 14.2 Å². The van der Waals surface area contributed by atoms with Crippen LogP contribution in [0.2, 0.25) is 0 Å². The van der Waals surface area contributed by atoms with Gasteiger partial charge in [-0.3, -0.25) is 14.4 Å². The van der Waals surface area contributed by atoms with Gasteiger partial charge in [-0.2, -0.15) is 0 Å². The first-order valence-corrected chi connectivity index (χ1v) is 21.5. The molecule has 7 heteroatoms. The highest BCUT2D eigenvalue weighted by molar-refractivity contribution is 5.72. The van der Waals surface area contributed by atoms with Gasteiger partial charge < -0.3 is 19.0 Å². The number of aldehydes is 1. The molecule has 1 atom stereocenters. The van der Waals surface area contributed by atoms with E-state index in [2.05, 4.69) is 13.8 Å². The summed E-state index contributed by atoms with van der Waals surface area (Å²) in [5.74, 6) is -1.23. The van der Waals surface area contributed by atoms with Gasteiger partial charge in [0.25, 0.3) is 0 Å². The van der Waals surface area contributed by atoms with E-state index < -0.39 is 12.1 Å². The molecule has 0 amide bonds. The fourth-order valence-electron chi connectivity index (χ4n) is 6.34. The number of hydrogen-bond acceptors (Lipinski definition) is 7. The van der Waals surface area contributed by atoms with Gasteiger partial charge in [-0.05, 0) is 12.8 Å². The van der Waals surface area contributed by atoms with Gasteiger partial charge in [0.1, 0.15) is 19.5 Å². The molecule has 0 N–H and O–H groups in total. The van der Waals surface area contributed by atoms with E-state index in [9.17, 15) is 19.2 Å². The zero-order valence-electron chi connectivity index (χ0n) is 33.0. The molecule has 0 radical (unpaired) electrons. The third kappa shape index (κ3) is 37.3. The Morgan fingerprint density at radius 3 is 1.00 bits per heavy atom. The van der Waals surface area contributed by atoms with Crippen LogP contribution in [0.15, 0.2) is 0 Å². The number of unbranched alkanes of at least 4 members (excludes halogenated alkanes) is 28. The molecule has 0 heterocycles. The predicted molar refractivity (Wildman–Crippen MR) is 206 cm³/mol. The lowest BCUT2D eigenvalue weighted by atomic mass is 10.0. The summed E-state index contributed by atoms with van der Waals surface area (Å²) >= 11 is 0. The van der Waals surface area contributed by atoms with Crippen molar-refractivity contribution in [2.75, 3.05) is 13.2 Å². The van der Waals surface area contributed by atoms with E-state index in [1.807, 2.05) is 0 Å². The topological polar surface area (TPSA) is 96.0 Å². The summed E-state index contributed by atoms with van der Waals surface area (Å²) in [4.78, 5) is 47.4. The van der Waals surface area contributed by atoms with Crippen molar-refractivity contribution in [3.63, 3.8) is 0 Å². The van der Waals surface area contributed by atoms with Crippen LogP contribution in [0.4, 0.5) is 0 Å². The van der Waals surface area contributed by atoms with E-state index in [0.717, 1.165) is 38.5 Å². The van der Waals surface area contributed by atoms with Gasteiger partial charge in [0, 0.05) is 19.3 Å². The minimum absolute atomic E-state index is 0.0255. The first kappa shape index (κ1) is 48.1. The molecule has 0 bridgehead atoms. The fourth-order valence-corrected chi connectivity index (χ4v) is 6.34. The highest BCUT2D eigenvalue weighted by Crippen LogP contribution is 2.16. The van der Waals surface area contributed by atoms with E-state index in [1.165, 1.54) is 154 Å². The Hall–Kier alpha value is -1.92. The van der Waals surface area contributed by atoms with Crippen LogP contribution < -0.4 is 0 Å². The van der Waals surface area contributed by atoms with Crippen molar-refractivity contribution in [1.82, 2.24) is 0 Å². The Labute approximate surface area is 308 Å². The van der Waals surface area contributed by atoms with Crippen molar-refractivity contribution in [1.29, 1.82) is 0 Å². The van der Waals surface area contributed by atoms with Crippen LogP contribution in [0.3, 0.4) is 0 Å². The second kappa shape index (κ2) is 39.9. The molecule has 7 nitrogen and oxygen atoms in total. The largest absolute Gasteiger partial charge is 0.462 e. The maximum atomic E-state index is 12.5. The predicted octanol–water partition coefficient (Wildman–Crippen LogP) is 12.5. The van der Waals surface area contributed by atoms with E-state index in [0.29, 0.717) is 19.1 Å². The summed E-state index contributed by atoms with van der Waals surface area (Å²) in [6.45, 7) is 4.20. The number of esters is 3. The van der Waals surface area contributed by atoms with Crippen LogP contribution in [0.25, 0.3) is 0 Å². The van der Waals surface area contributed by atoms with Crippen molar-refractivity contribution >= 4 is 24.2 Å². The molecular formula is C43H80O7. The van der Waals surface area contributed by atoms with Crippen LogP contribution in [0.5, 0.6) is 0 Å². The molecule has 0 aromatic rings. The van der Waals surface area contributed by atoms with E-state index in [1.54, 1.807) is 0 Å². The molecule has 0 saturated heterocycles. The first-order valence-electron chi connectivity index (χ1n) is 21.5. The summed E-state index contributed by atoms with van der Waals surface area (Å²) in [5, 5.41) is 0. The summed E-state index contributed by atoms with van der Waals surface area (Å²) in [5.41, 5.74) is 0. The second-order valence-corrected chi connectivity index (χ2v) is 14.6. The summed E-state index contributed by atoms with van der Waals surface area (Å²) in [6.07, 6.45) is 38.4. The lowest BCUT2D eigenvalue weighted by Gasteiger charge is -2.18. The molecule has 0 saturated carbocycles. The average molecular weight is 709 g/mol. The normalized spacial score (nSPS) is 11.7. The number of rotatable bonds is 40. The van der Waals surface area contributed by atoms with Gasteiger partial charge >= 0.3 is 17.9 Å². The van der Waals surface area contributed by atoms with Gasteiger partial charge in [-0.1, -0.05) is 194 Å². The van der Waals surface area contributed by atoms with Gasteiger partial charge in [-0.15, -0.1) is 0 Å². The van der Waals surface area contributed by atoms with Crippen LogP contribution in [-0.4, -0.2) is 43.5 Å². The summed E-state index contributed by atoms with van der Waals surface area (Å²) in [7, 11) is 0. The summed E-state index contributed by atoms with van der Waals surface area (Å²) < 4.78 is 16.1. The lowest BCUT2D eigenvalue weighted by molar-refractivity contribution is -0.167.